The average molecular weight is 258 g/mol. The van der Waals surface area contributed by atoms with Crippen LogP contribution >= 0.6 is 0 Å². The van der Waals surface area contributed by atoms with Gasteiger partial charge in [0, 0.05) is 0 Å². The number of hydrogen-bond acceptors (Lipinski definition) is 5. The van der Waals surface area contributed by atoms with Crippen molar-refractivity contribution < 1.29 is 24.2 Å². The Bertz CT molecular complexity index is 357. The zero-order chi connectivity index (χ0) is 13.8. The van der Waals surface area contributed by atoms with Crippen molar-refractivity contribution >= 4 is 18.0 Å². The number of ether oxygens (including phenoxy) is 1. The molecule has 2 N–H and O–H groups in total. The number of carbonyl (C=O) groups excluding carboxylic acids is 2. The van der Waals surface area contributed by atoms with Crippen LogP contribution in [-0.4, -0.2) is 53.2 Å². The van der Waals surface area contributed by atoms with E-state index in [4.69, 9.17) is 5.11 Å². The Labute approximate surface area is 105 Å². The number of aliphatic carboxylic acids is 1. The maximum absolute atomic E-state index is 11.5. The van der Waals surface area contributed by atoms with Crippen molar-refractivity contribution in [3.05, 3.63) is 0 Å². The van der Waals surface area contributed by atoms with E-state index in [-0.39, 0.29) is 13.2 Å². The molecule has 0 aliphatic carbocycles. The van der Waals surface area contributed by atoms with Crippen LogP contribution < -0.4 is 5.32 Å². The Hall–Kier alpha value is -1.63. The van der Waals surface area contributed by atoms with Crippen molar-refractivity contribution in [2.45, 2.75) is 32.2 Å². The van der Waals surface area contributed by atoms with E-state index in [1.54, 1.807) is 18.7 Å². The van der Waals surface area contributed by atoms with Gasteiger partial charge in [-0.15, -0.1) is 0 Å². The summed E-state index contributed by atoms with van der Waals surface area (Å²) in [7, 11) is 0. The molecule has 0 bridgehead atoms. The summed E-state index contributed by atoms with van der Waals surface area (Å²) in [5, 5.41) is 11.2. The first-order valence-corrected chi connectivity index (χ1v) is 5.85. The van der Waals surface area contributed by atoms with Crippen LogP contribution in [0.3, 0.4) is 0 Å². The van der Waals surface area contributed by atoms with Gasteiger partial charge in [0.25, 0.3) is 0 Å². The molecule has 0 spiro atoms. The van der Waals surface area contributed by atoms with E-state index in [1.807, 2.05) is 5.32 Å². The lowest BCUT2D eigenvalue weighted by Gasteiger charge is -2.30. The van der Waals surface area contributed by atoms with Crippen LogP contribution in [0.5, 0.6) is 0 Å². The number of nitrogens with zero attached hydrogens (tertiary/aromatic N) is 1. The maximum atomic E-state index is 11.5. The standard InChI is InChI=1S/C11H18N2O5/c1-3-18-10(17)12-8(14)7-13-6-4-5-11(13,2)9(15)16/h3-7H2,1-2H3,(H,15,16)(H,12,14,17). The van der Waals surface area contributed by atoms with Gasteiger partial charge in [-0.1, -0.05) is 0 Å². The molecule has 1 rings (SSSR count). The third kappa shape index (κ3) is 3.19. The summed E-state index contributed by atoms with van der Waals surface area (Å²) in [5.41, 5.74) is -1.04. The summed E-state index contributed by atoms with van der Waals surface area (Å²) in [6, 6.07) is 0. The highest BCUT2D eigenvalue weighted by molar-refractivity contribution is 5.93. The lowest BCUT2D eigenvalue weighted by molar-refractivity contribution is -0.149. The van der Waals surface area contributed by atoms with Gasteiger partial charge >= 0.3 is 12.1 Å². The van der Waals surface area contributed by atoms with Crippen LogP contribution in [-0.2, 0) is 14.3 Å². The van der Waals surface area contributed by atoms with Gasteiger partial charge in [0.15, 0.2) is 0 Å². The SMILES string of the molecule is CCOC(=O)NC(=O)CN1CCCC1(C)C(=O)O. The molecule has 1 unspecified atom stereocenters. The summed E-state index contributed by atoms with van der Waals surface area (Å²) in [4.78, 5) is 35.3. The largest absolute Gasteiger partial charge is 0.480 e. The van der Waals surface area contributed by atoms with Crippen LogP contribution in [0.15, 0.2) is 0 Å². The number of carboxylic acid groups (broad SMARTS) is 1. The number of alkyl carbamates (subject to hydrolysis) is 1. The average Bonchev–Trinajstić information content (AvgIpc) is 2.61. The number of hydrogen-bond donors (Lipinski definition) is 2. The topological polar surface area (TPSA) is 95.9 Å². The van der Waals surface area contributed by atoms with Crippen molar-refractivity contribution in [1.82, 2.24) is 10.2 Å². The highest BCUT2D eigenvalue weighted by atomic mass is 16.5. The predicted molar refractivity (Wildman–Crippen MR) is 62.0 cm³/mol. The number of likely N-dealkylation sites (tertiary alicyclic amines) is 1. The van der Waals surface area contributed by atoms with Crippen molar-refractivity contribution in [2.24, 2.45) is 0 Å². The molecule has 2 amide bonds. The minimum atomic E-state index is -1.04. The summed E-state index contributed by atoms with van der Waals surface area (Å²) < 4.78 is 4.57. The van der Waals surface area contributed by atoms with E-state index in [1.165, 1.54) is 0 Å². The number of carboxylic acids is 1. The van der Waals surface area contributed by atoms with E-state index in [0.29, 0.717) is 13.0 Å². The molecule has 1 heterocycles. The summed E-state index contributed by atoms with van der Waals surface area (Å²) >= 11 is 0. The number of amides is 2. The molecular weight excluding hydrogens is 240 g/mol. The van der Waals surface area contributed by atoms with Crippen LogP contribution in [0.4, 0.5) is 4.79 Å². The highest BCUT2D eigenvalue weighted by Crippen LogP contribution is 2.28. The molecule has 0 saturated carbocycles. The summed E-state index contributed by atoms with van der Waals surface area (Å²) in [6.45, 7) is 3.79. The first kappa shape index (κ1) is 14.4. The molecule has 18 heavy (non-hydrogen) atoms. The van der Waals surface area contributed by atoms with Crippen molar-refractivity contribution in [3.63, 3.8) is 0 Å². The van der Waals surface area contributed by atoms with Gasteiger partial charge < -0.3 is 9.84 Å². The molecule has 1 saturated heterocycles. The zero-order valence-corrected chi connectivity index (χ0v) is 10.6. The molecule has 0 aromatic heterocycles. The quantitative estimate of drug-likeness (QED) is 0.747. The molecule has 7 heteroatoms. The van der Waals surface area contributed by atoms with E-state index >= 15 is 0 Å². The highest BCUT2D eigenvalue weighted by Gasteiger charge is 2.43. The number of rotatable bonds is 4. The van der Waals surface area contributed by atoms with Crippen molar-refractivity contribution in [3.8, 4) is 0 Å². The minimum absolute atomic E-state index is 0.123. The van der Waals surface area contributed by atoms with E-state index in [0.717, 1.165) is 6.42 Å². The fourth-order valence-electron chi connectivity index (χ4n) is 2.01. The zero-order valence-electron chi connectivity index (χ0n) is 10.6. The molecule has 0 aromatic carbocycles. The smallest absolute Gasteiger partial charge is 0.413 e. The lowest BCUT2D eigenvalue weighted by Crippen LogP contribution is -2.52. The molecule has 1 atom stereocenters. The van der Waals surface area contributed by atoms with Crippen LogP contribution in [0.1, 0.15) is 26.7 Å². The minimum Gasteiger partial charge on any atom is -0.480 e. The number of imide groups is 1. The number of carbonyl (C=O) groups is 3. The number of nitrogens with one attached hydrogen (secondary N) is 1. The van der Waals surface area contributed by atoms with E-state index in [9.17, 15) is 14.4 Å². The molecule has 1 aliphatic rings. The lowest BCUT2D eigenvalue weighted by atomic mass is 9.99. The maximum Gasteiger partial charge on any atom is 0.413 e. The van der Waals surface area contributed by atoms with Crippen LogP contribution in [0.2, 0.25) is 0 Å². The normalized spacial score (nSPS) is 23.7. The fourth-order valence-corrected chi connectivity index (χ4v) is 2.01. The van der Waals surface area contributed by atoms with Crippen molar-refractivity contribution in [1.29, 1.82) is 0 Å². The summed E-state index contributed by atoms with van der Waals surface area (Å²) in [5.74, 6) is -1.51. The molecule has 1 fully saturated rings. The summed E-state index contributed by atoms with van der Waals surface area (Å²) in [6.07, 6.45) is 0.406. The van der Waals surface area contributed by atoms with Crippen LogP contribution in [0.25, 0.3) is 0 Å². The van der Waals surface area contributed by atoms with E-state index in [2.05, 4.69) is 4.74 Å². The molecule has 7 nitrogen and oxygen atoms in total. The van der Waals surface area contributed by atoms with Gasteiger partial charge in [-0.25, -0.2) is 4.79 Å². The second kappa shape index (κ2) is 5.81. The molecule has 102 valence electrons. The Morgan fingerprint density at radius 2 is 2.11 bits per heavy atom. The van der Waals surface area contributed by atoms with Gasteiger partial charge in [0.05, 0.1) is 13.2 Å². The molecule has 0 aromatic rings. The van der Waals surface area contributed by atoms with Crippen LogP contribution in [0, 0.1) is 0 Å². The van der Waals surface area contributed by atoms with Crippen molar-refractivity contribution in [2.75, 3.05) is 19.7 Å². The second-order valence-electron chi connectivity index (χ2n) is 4.37. The first-order valence-electron chi connectivity index (χ1n) is 5.85. The second-order valence-corrected chi connectivity index (χ2v) is 4.37. The van der Waals surface area contributed by atoms with Gasteiger partial charge in [-0.05, 0) is 33.2 Å². The van der Waals surface area contributed by atoms with Gasteiger partial charge in [-0.2, -0.15) is 0 Å². The Morgan fingerprint density at radius 1 is 1.44 bits per heavy atom. The molecule has 0 radical (unpaired) electrons. The Kier molecular flexibility index (Phi) is 4.66. The first-order chi connectivity index (χ1) is 8.40. The monoisotopic (exact) mass is 258 g/mol. The van der Waals surface area contributed by atoms with Gasteiger partial charge in [-0.3, -0.25) is 19.8 Å². The Balaban J connectivity index is 2.54. The van der Waals surface area contributed by atoms with Gasteiger partial charge in [0.1, 0.15) is 5.54 Å². The fraction of sp³-hybridized carbons (Fsp3) is 0.727. The predicted octanol–water partition coefficient (Wildman–Crippen LogP) is 0.198. The third-order valence-corrected chi connectivity index (χ3v) is 3.10. The molecule has 1 aliphatic heterocycles. The molecular formula is C11H18N2O5. The van der Waals surface area contributed by atoms with Gasteiger partial charge in [0.2, 0.25) is 5.91 Å². The van der Waals surface area contributed by atoms with E-state index < -0.39 is 23.5 Å². The Morgan fingerprint density at radius 3 is 2.67 bits per heavy atom. The third-order valence-electron chi connectivity index (χ3n) is 3.10.